The molecule has 0 bridgehead atoms. The second-order valence-corrected chi connectivity index (χ2v) is 4.33. The van der Waals surface area contributed by atoms with Crippen LogP contribution in [-0.4, -0.2) is 37.4 Å². The Morgan fingerprint density at radius 2 is 2.00 bits per heavy atom. The van der Waals surface area contributed by atoms with E-state index in [9.17, 15) is 9.59 Å². The van der Waals surface area contributed by atoms with Crippen LogP contribution in [0.3, 0.4) is 0 Å². The smallest absolute Gasteiger partial charge is 0.252 e. The Bertz CT molecular complexity index is 472. The molecule has 0 radical (unpaired) electrons. The number of primary amides is 1. The number of nitrogen functional groups attached to an aromatic ring is 1. The number of carbonyl (C=O) groups excluding carboxylic acids is 2. The SMILES string of the molecule is CN(C)C(=O)CCCOc1c(N)cccc1C(N)=O. The van der Waals surface area contributed by atoms with Crippen molar-refractivity contribution in [3.63, 3.8) is 0 Å². The van der Waals surface area contributed by atoms with Crippen molar-refractivity contribution in [2.24, 2.45) is 5.73 Å². The number of nitrogens with two attached hydrogens (primary N) is 2. The molecule has 0 fully saturated rings. The fourth-order valence-electron chi connectivity index (χ4n) is 1.53. The number of carbonyl (C=O) groups is 2. The second-order valence-electron chi connectivity index (χ2n) is 4.33. The normalized spacial score (nSPS) is 10.0. The number of rotatable bonds is 6. The van der Waals surface area contributed by atoms with Gasteiger partial charge in [-0.3, -0.25) is 9.59 Å². The quantitative estimate of drug-likeness (QED) is 0.581. The van der Waals surface area contributed by atoms with Gasteiger partial charge in [-0.2, -0.15) is 0 Å². The highest BCUT2D eigenvalue weighted by Crippen LogP contribution is 2.26. The van der Waals surface area contributed by atoms with Crippen LogP contribution >= 0.6 is 0 Å². The highest BCUT2D eigenvalue weighted by molar-refractivity contribution is 5.97. The monoisotopic (exact) mass is 265 g/mol. The van der Waals surface area contributed by atoms with Crippen LogP contribution in [0.25, 0.3) is 0 Å². The molecule has 6 nitrogen and oxygen atoms in total. The summed E-state index contributed by atoms with van der Waals surface area (Å²) in [6.45, 7) is 0.300. The molecule has 1 aromatic carbocycles. The van der Waals surface area contributed by atoms with Gasteiger partial charge in [0.1, 0.15) is 0 Å². The van der Waals surface area contributed by atoms with Crippen molar-refractivity contribution in [2.45, 2.75) is 12.8 Å². The molecule has 1 aromatic rings. The van der Waals surface area contributed by atoms with Crippen molar-refractivity contribution in [3.05, 3.63) is 23.8 Å². The Labute approximate surface area is 112 Å². The molecule has 0 saturated heterocycles. The Balaban J connectivity index is 2.58. The van der Waals surface area contributed by atoms with Crippen molar-refractivity contribution in [2.75, 3.05) is 26.4 Å². The lowest BCUT2D eigenvalue weighted by Gasteiger charge is -2.13. The summed E-state index contributed by atoms with van der Waals surface area (Å²) >= 11 is 0. The molecule has 0 spiro atoms. The molecule has 104 valence electrons. The van der Waals surface area contributed by atoms with Gasteiger partial charge in [0.25, 0.3) is 5.91 Å². The summed E-state index contributed by atoms with van der Waals surface area (Å²) in [6, 6.07) is 4.82. The number of para-hydroxylation sites is 1. The molecule has 0 atom stereocenters. The van der Waals surface area contributed by atoms with Gasteiger partial charge < -0.3 is 21.1 Å². The molecule has 0 aromatic heterocycles. The standard InChI is InChI=1S/C13H19N3O3/c1-16(2)11(17)7-4-8-19-12-9(13(15)18)5-3-6-10(12)14/h3,5-6H,4,7-8,14H2,1-2H3,(H2,15,18). The summed E-state index contributed by atoms with van der Waals surface area (Å²) in [5.74, 6) is -0.279. The van der Waals surface area contributed by atoms with Crippen molar-refractivity contribution in [1.29, 1.82) is 0 Å². The number of hydrogen-bond donors (Lipinski definition) is 2. The lowest BCUT2D eigenvalue weighted by molar-refractivity contribution is -0.128. The van der Waals surface area contributed by atoms with E-state index in [-0.39, 0.29) is 17.2 Å². The Kier molecular flexibility index (Phi) is 5.17. The summed E-state index contributed by atoms with van der Waals surface area (Å²) in [7, 11) is 3.40. The lowest BCUT2D eigenvalue weighted by Crippen LogP contribution is -2.22. The van der Waals surface area contributed by atoms with E-state index in [1.54, 1.807) is 32.3 Å². The first-order chi connectivity index (χ1) is 8.93. The number of hydrogen-bond acceptors (Lipinski definition) is 4. The minimum atomic E-state index is -0.591. The highest BCUT2D eigenvalue weighted by Gasteiger charge is 2.12. The van der Waals surface area contributed by atoms with Crippen LogP contribution in [0.1, 0.15) is 23.2 Å². The molecule has 6 heteroatoms. The average molecular weight is 265 g/mol. The minimum absolute atomic E-state index is 0.0276. The third kappa shape index (κ3) is 4.17. The maximum Gasteiger partial charge on any atom is 0.252 e. The van der Waals surface area contributed by atoms with Crippen LogP contribution in [0.2, 0.25) is 0 Å². The summed E-state index contributed by atoms with van der Waals surface area (Å²) in [4.78, 5) is 24.1. The molecule has 0 unspecified atom stereocenters. The van der Waals surface area contributed by atoms with E-state index < -0.39 is 5.91 Å². The van der Waals surface area contributed by atoms with E-state index in [2.05, 4.69) is 0 Å². The van der Waals surface area contributed by atoms with Crippen molar-refractivity contribution in [1.82, 2.24) is 4.90 Å². The third-order valence-electron chi connectivity index (χ3n) is 2.59. The number of ether oxygens (including phenoxy) is 1. The maximum absolute atomic E-state index is 11.4. The molecule has 0 aliphatic rings. The van der Waals surface area contributed by atoms with Gasteiger partial charge in [-0.15, -0.1) is 0 Å². The predicted octanol–water partition coefficient (Wildman–Crippen LogP) is 0.615. The summed E-state index contributed by atoms with van der Waals surface area (Å²) in [6.07, 6.45) is 0.926. The molecule has 0 aliphatic carbocycles. The summed E-state index contributed by atoms with van der Waals surface area (Å²) in [5.41, 5.74) is 11.6. The molecule has 0 saturated carbocycles. The molecule has 2 amide bonds. The van der Waals surface area contributed by atoms with Gasteiger partial charge in [0.2, 0.25) is 5.91 Å². The second kappa shape index (κ2) is 6.63. The molecule has 0 heterocycles. The summed E-state index contributed by atoms with van der Waals surface area (Å²) < 4.78 is 5.46. The largest absolute Gasteiger partial charge is 0.491 e. The zero-order chi connectivity index (χ0) is 14.4. The predicted molar refractivity (Wildman–Crippen MR) is 72.8 cm³/mol. The minimum Gasteiger partial charge on any atom is -0.491 e. The Morgan fingerprint density at radius 1 is 1.32 bits per heavy atom. The number of anilines is 1. The average Bonchev–Trinajstić information content (AvgIpc) is 2.35. The van der Waals surface area contributed by atoms with E-state index in [1.165, 1.54) is 4.90 Å². The zero-order valence-electron chi connectivity index (χ0n) is 11.2. The molecule has 19 heavy (non-hydrogen) atoms. The fourth-order valence-corrected chi connectivity index (χ4v) is 1.53. The van der Waals surface area contributed by atoms with Gasteiger partial charge in [-0.1, -0.05) is 6.07 Å². The molecule has 1 rings (SSSR count). The Morgan fingerprint density at radius 3 is 2.58 bits per heavy atom. The number of amides is 2. The van der Waals surface area contributed by atoms with Gasteiger partial charge in [-0.05, 0) is 18.6 Å². The first kappa shape index (κ1) is 14.8. The zero-order valence-corrected chi connectivity index (χ0v) is 11.2. The molecular weight excluding hydrogens is 246 g/mol. The van der Waals surface area contributed by atoms with Gasteiger partial charge in [0.05, 0.1) is 17.9 Å². The molecule has 4 N–H and O–H groups in total. The van der Waals surface area contributed by atoms with E-state index in [0.717, 1.165) is 0 Å². The van der Waals surface area contributed by atoms with Crippen LogP contribution in [0, 0.1) is 0 Å². The topological polar surface area (TPSA) is 98.7 Å². The molecular formula is C13H19N3O3. The molecule has 0 aliphatic heterocycles. The maximum atomic E-state index is 11.4. The lowest BCUT2D eigenvalue weighted by atomic mass is 10.1. The van der Waals surface area contributed by atoms with E-state index >= 15 is 0 Å². The van der Waals surface area contributed by atoms with Gasteiger partial charge in [0.15, 0.2) is 5.75 Å². The fraction of sp³-hybridized carbons (Fsp3) is 0.385. The highest BCUT2D eigenvalue weighted by atomic mass is 16.5. The first-order valence-corrected chi connectivity index (χ1v) is 5.94. The van der Waals surface area contributed by atoms with Crippen LogP contribution in [0.4, 0.5) is 5.69 Å². The summed E-state index contributed by atoms with van der Waals surface area (Å²) in [5, 5.41) is 0. The van der Waals surface area contributed by atoms with Crippen LogP contribution in [0.5, 0.6) is 5.75 Å². The van der Waals surface area contributed by atoms with Crippen molar-refractivity contribution in [3.8, 4) is 5.75 Å². The van der Waals surface area contributed by atoms with Gasteiger partial charge in [0, 0.05) is 20.5 Å². The van der Waals surface area contributed by atoms with Crippen LogP contribution < -0.4 is 16.2 Å². The van der Waals surface area contributed by atoms with Gasteiger partial charge in [-0.25, -0.2) is 0 Å². The number of benzene rings is 1. The van der Waals surface area contributed by atoms with Crippen molar-refractivity contribution < 1.29 is 14.3 Å². The van der Waals surface area contributed by atoms with E-state index in [0.29, 0.717) is 25.1 Å². The van der Waals surface area contributed by atoms with Crippen LogP contribution in [0.15, 0.2) is 18.2 Å². The number of nitrogens with zero attached hydrogens (tertiary/aromatic N) is 1. The van der Waals surface area contributed by atoms with Gasteiger partial charge >= 0.3 is 0 Å². The van der Waals surface area contributed by atoms with Crippen LogP contribution in [-0.2, 0) is 4.79 Å². The van der Waals surface area contributed by atoms with E-state index in [4.69, 9.17) is 16.2 Å². The van der Waals surface area contributed by atoms with Crippen molar-refractivity contribution >= 4 is 17.5 Å². The first-order valence-electron chi connectivity index (χ1n) is 5.94. The third-order valence-corrected chi connectivity index (χ3v) is 2.59. The Hall–Kier alpha value is -2.24. The van der Waals surface area contributed by atoms with E-state index in [1.807, 2.05) is 0 Å².